The number of pyridine rings is 1. The molecule has 0 unspecified atom stereocenters. The number of carbonyl (C=O) groups excluding carboxylic acids is 2. The molecule has 3 rings (SSSR count). The molecule has 3 heterocycles. The predicted molar refractivity (Wildman–Crippen MR) is 104 cm³/mol. The van der Waals surface area contributed by atoms with Gasteiger partial charge < -0.3 is 10.6 Å². The van der Waals surface area contributed by atoms with Crippen LogP contribution in [0.2, 0.25) is 0 Å². The van der Waals surface area contributed by atoms with Crippen molar-refractivity contribution in [3.05, 3.63) is 30.1 Å². The van der Waals surface area contributed by atoms with Crippen LogP contribution in [0.5, 0.6) is 0 Å². The zero-order valence-corrected chi connectivity index (χ0v) is 16.2. The number of hydrogen-bond donors (Lipinski definition) is 2. The number of likely N-dealkylation sites (tertiary alicyclic amines) is 2. The molecule has 2 N–H and O–H groups in total. The molecule has 2 aliphatic rings. The van der Waals surface area contributed by atoms with Gasteiger partial charge in [-0.25, -0.2) is 0 Å². The minimum atomic E-state index is 0.0688. The molecule has 1 atom stereocenters. The molecule has 148 valence electrons. The van der Waals surface area contributed by atoms with Crippen LogP contribution in [0.25, 0.3) is 0 Å². The zero-order valence-electron chi connectivity index (χ0n) is 16.2. The Morgan fingerprint density at radius 3 is 2.74 bits per heavy atom. The summed E-state index contributed by atoms with van der Waals surface area (Å²) < 4.78 is 0. The number of nitrogens with one attached hydrogen (secondary N) is 2. The summed E-state index contributed by atoms with van der Waals surface area (Å²) in [6, 6.07) is 4.40. The lowest BCUT2D eigenvalue weighted by molar-refractivity contribution is -0.127. The van der Waals surface area contributed by atoms with Crippen molar-refractivity contribution in [3.63, 3.8) is 0 Å². The van der Waals surface area contributed by atoms with Gasteiger partial charge in [-0.3, -0.25) is 24.4 Å². The summed E-state index contributed by atoms with van der Waals surface area (Å²) in [6.45, 7) is 4.86. The molecule has 0 radical (unpaired) electrons. The summed E-state index contributed by atoms with van der Waals surface area (Å²) in [5, 5.41) is 5.76. The summed E-state index contributed by atoms with van der Waals surface area (Å²) in [5.74, 6) is 0.302. The first-order chi connectivity index (χ1) is 13.2. The topological polar surface area (TPSA) is 77.6 Å². The third-order valence-corrected chi connectivity index (χ3v) is 5.73. The van der Waals surface area contributed by atoms with E-state index in [9.17, 15) is 9.59 Å². The highest BCUT2D eigenvalue weighted by atomic mass is 16.2. The molecule has 1 aromatic heterocycles. The molecule has 0 bridgehead atoms. The van der Waals surface area contributed by atoms with Crippen molar-refractivity contribution in [3.8, 4) is 0 Å². The summed E-state index contributed by atoms with van der Waals surface area (Å²) in [4.78, 5) is 32.9. The zero-order chi connectivity index (χ0) is 19.1. The molecule has 0 aromatic carbocycles. The van der Waals surface area contributed by atoms with E-state index in [4.69, 9.17) is 0 Å². The van der Waals surface area contributed by atoms with Gasteiger partial charge in [-0.2, -0.15) is 0 Å². The Labute approximate surface area is 161 Å². The number of amides is 2. The molecule has 1 aromatic rings. The van der Waals surface area contributed by atoms with Gasteiger partial charge in [0.1, 0.15) is 0 Å². The SMILES string of the molecule is CNC(=O)CN1CCC(N2CCC[C@H](C(=O)NCc3cccnc3)C2)CC1. The van der Waals surface area contributed by atoms with Gasteiger partial charge >= 0.3 is 0 Å². The van der Waals surface area contributed by atoms with Crippen molar-refractivity contribution < 1.29 is 9.59 Å². The monoisotopic (exact) mass is 373 g/mol. The summed E-state index contributed by atoms with van der Waals surface area (Å²) in [5.41, 5.74) is 1.03. The average molecular weight is 374 g/mol. The molecule has 0 saturated carbocycles. The minimum absolute atomic E-state index is 0.0688. The summed E-state index contributed by atoms with van der Waals surface area (Å²) in [6.07, 6.45) is 7.71. The van der Waals surface area contributed by atoms with Crippen molar-refractivity contribution in [2.75, 3.05) is 39.8 Å². The standard InChI is InChI=1S/C20H31N5O2/c1-21-19(26)15-24-10-6-18(7-11-24)25-9-3-5-17(14-25)20(27)23-13-16-4-2-8-22-12-16/h2,4,8,12,17-18H,3,5-7,9-11,13-15H2,1H3,(H,21,26)(H,23,27)/t17-/m0/s1. The maximum Gasteiger partial charge on any atom is 0.233 e. The van der Waals surface area contributed by atoms with E-state index in [-0.39, 0.29) is 17.7 Å². The van der Waals surface area contributed by atoms with Crippen LogP contribution in [0.1, 0.15) is 31.2 Å². The van der Waals surface area contributed by atoms with Crippen molar-refractivity contribution in [2.24, 2.45) is 5.92 Å². The molecule has 0 aliphatic carbocycles. The molecule has 2 aliphatic heterocycles. The van der Waals surface area contributed by atoms with Crippen LogP contribution in [-0.4, -0.2) is 72.4 Å². The number of piperidine rings is 2. The highest BCUT2D eigenvalue weighted by molar-refractivity contribution is 5.79. The first-order valence-corrected chi connectivity index (χ1v) is 9.99. The third kappa shape index (κ3) is 5.74. The molecule has 27 heavy (non-hydrogen) atoms. The number of hydrogen-bond acceptors (Lipinski definition) is 5. The van der Waals surface area contributed by atoms with Crippen LogP contribution in [0.4, 0.5) is 0 Å². The molecule has 2 saturated heterocycles. The van der Waals surface area contributed by atoms with Crippen LogP contribution in [0, 0.1) is 5.92 Å². The Hall–Kier alpha value is -1.99. The molecular weight excluding hydrogens is 342 g/mol. The highest BCUT2D eigenvalue weighted by Crippen LogP contribution is 2.24. The largest absolute Gasteiger partial charge is 0.358 e. The van der Waals surface area contributed by atoms with Gasteiger partial charge in [0.05, 0.1) is 12.5 Å². The van der Waals surface area contributed by atoms with Crippen molar-refractivity contribution >= 4 is 11.8 Å². The van der Waals surface area contributed by atoms with E-state index in [1.54, 1.807) is 19.4 Å². The number of aromatic nitrogens is 1. The Morgan fingerprint density at radius 2 is 2.04 bits per heavy atom. The Balaban J connectivity index is 1.44. The fraction of sp³-hybridized carbons (Fsp3) is 0.650. The smallest absolute Gasteiger partial charge is 0.233 e. The first kappa shape index (κ1) is 19.8. The fourth-order valence-electron chi connectivity index (χ4n) is 4.11. The Morgan fingerprint density at radius 1 is 1.22 bits per heavy atom. The third-order valence-electron chi connectivity index (χ3n) is 5.73. The van der Waals surface area contributed by atoms with Gasteiger partial charge in [-0.15, -0.1) is 0 Å². The van der Waals surface area contributed by atoms with Gasteiger partial charge in [0.15, 0.2) is 0 Å². The minimum Gasteiger partial charge on any atom is -0.358 e. The lowest BCUT2D eigenvalue weighted by Gasteiger charge is -2.41. The number of rotatable bonds is 6. The van der Waals surface area contributed by atoms with Crippen LogP contribution in [-0.2, 0) is 16.1 Å². The van der Waals surface area contributed by atoms with Crippen LogP contribution < -0.4 is 10.6 Å². The van der Waals surface area contributed by atoms with E-state index < -0.39 is 0 Å². The molecule has 0 spiro atoms. The Bertz CT molecular complexity index is 616. The average Bonchev–Trinajstić information content (AvgIpc) is 2.73. The number of likely N-dealkylation sites (N-methyl/N-ethyl adjacent to an activating group) is 1. The molecule has 2 fully saturated rings. The lowest BCUT2D eigenvalue weighted by Crippen LogP contribution is -2.51. The van der Waals surface area contributed by atoms with E-state index >= 15 is 0 Å². The second-order valence-corrected chi connectivity index (χ2v) is 7.59. The van der Waals surface area contributed by atoms with E-state index in [1.165, 1.54) is 0 Å². The quantitative estimate of drug-likeness (QED) is 0.764. The second-order valence-electron chi connectivity index (χ2n) is 7.59. The maximum absolute atomic E-state index is 12.6. The number of carbonyl (C=O) groups is 2. The second kappa shape index (κ2) is 9.80. The first-order valence-electron chi connectivity index (χ1n) is 9.99. The predicted octanol–water partition coefficient (Wildman–Crippen LogP) is 0.620. The summed E-state index contributed by atoms with van der Waals surface area (Å²) >= 11 is 0. The van der Waals surface area contributed by atoms with Crippen molar-refractivity contribution in [2.45, 2.75) is 38.3 Å². The number of nitrogens with zero attached hydrogens (tertiary/aromatic N) is 3. The van der Waals surface area contributed by atoms with Crippen LogP contribution in [0.3, 0.4) is 0 Å². The van der Waals surface area contributed by atoms with Gasteiger partial charge in [-0.1, -0.05) is 6.07 Å². The van der Waals surface area contributed by atoms with Crippen molar-refractivity contribution in [1.29, 1.82) is 0 Å². The highest BCUT2D eigenvalue weighted by Gasteiger charge is 2.31. The maximum atomic E-state index is 12.6. The van der Waals surface area contributed by atoms with Gasteiger partial charge in [-0.05, 0) is 43.9 Å². The van der Waals surface area contributed by atoms with Gasteiger partial charge in [0.25, 0.3) is 0 Å². The lowest BCUT2D eigenvalue weighted by atomic mass is 9.93. The van der Waals surface area contributed by atoms with Gasteiger partial charge in [0.2, 0.25) is 11.8 Å². The van der Waals surface area contributed by atoms with E-state index in [0.29, 0.717) is 19.1 Å². The van der Waals surface area contributed by atoms with E-state index in [0.717, 1.165) is 57.4 Å². The molecular formula is C20H31N5O2. The van der Waals surface area contributed by atoms with Gasteiger partial charge in [0, 0.05) is 51.7 Å². The molecule has 2 amide bonds. The molecule has 7 heteroatoms. The van der Waals surface area contributed by atoms with Crippen molar-refractivity contribution in [1.82, 2.24) is 25.4 Å². The van der Waals surface area contributed by atoms with E-state index in [2.05, 4.69) is 25.4 Å². The van der Waals surface area contributed by atoms with Crippen LogP contribution >= 0.6 is 0 Å². The van der Waals surface area contributed by atoms with Crippen LogP contribution in [0.15, 0.2) is 24.5 Å². The summed E-state index contributed by atoms with van der Waals surface area (Å²) in [7, 11) is 1.68. The normalized spacial score (nSPS) is 22.3. The van der Waals surface area contributed by atoms with E-state index in [1.807, 2.05) is 12.1 Å². The fourth-order valence-corrected chi connectivity index (χ4v) is 4.11. The Kier molecular flexibility index (Phi) is 7.18. The molecule has 7 nitrogen and oxygen atoms in total.